The maximum Gasteiger partial charge on any atom is 0.344 e. The van der Waals surface area contributed by atoms with Gasteiger partial charge in [0.1, 0.15) is 17.4 Å². The number of nitrogens with one attached hydrogen (secondary N) is 1. The Morgan fingerprint density at radius 2 is 1.97 bits per heavy atom. The molecule has 8 nitrogen and oxygen atoms in total. The number of carbonyl (C=O) groups is 3. The first kappa shape index (κ1) is 20.6. The minimum Gasteiger partial charge on any atom is -0.493 e. The standard InChI is InChI=1S/C22H21FN2O6/c1-11-4-5-12(10-14(11)23)24-20(27)15-7-9-17(26)25(15)21-13-6-8-16(29-2)19(30-3)18(13)22(28)31-21/h4-6,8,10,15,21H,7,9H2,1-3H3,(H,24,27)/t15-,21-/m1/s1. The van der Waals surface area contributed by atoms with Gasteiger partial charge in [0, 0.05) is 17.7 Å². The van der Waals surface area contributed by atoms with Crippen LogP contribution in [0.5, 0.6) is 11.5 Å². The van der Waals surface area contributed by atoms with Crippen molar-refractivity contribution in [2.75, 3.05) is 19.5 Å². The number of carbonyl (C=O) groups excluding carboxylic acids is 3. The summed E-state index contributed by atoms with van der Waals surface area (Å²) in [5.41, 5.74) is 1.31. The maximum atomic E-state index is 13.8. The average molecular weight is 428 g/mol. The fourth-order valence-electron chi connectivity index (χ4n) is 3.94. The molecular formula is C22H21FN2O6. The number of cyclic esters (lactones) is 1. The van der Waals surface area contributed by atoms with E-state index >= 15 is 0 Å². The van der Waals surface area contributed by atoms with Gasteiger partial charge < -0.3 is 19.5 Å². The summed E-state index contributed by atoms with van der Waals surface area (Å²) in [7, 11) is 2.84. The number of rotatable bonds is 5. The second kappa shape index (κ2) is 7.90. The van der Waals surface area contributed by atoms with Crippen LogP contribution >= 0.6 is 0 Å². The number of anilines is 1. The van der Waals surface area contributed by atoms with Crippen molar-refractivity contribution in [1.29, 1.82) is 0 Å². The van der Waals surface area contributed by atoms with E-state index in [1.165, 1.54) is 25.2 Å². The Morgan fingerprint density at radius 3 is 2.65 bits per heavy atom. The highest BCUT2D eigenvalue weighted by Gasteiger charge is 2.47. The number of benzene rings is 2. The SMILES string of the molecule is COc1ccc2c(c1OC)C(=O)O[C@H]2N1C(=O)CC[C@@H]1C(=O)Nc1ccc(C)c(F)c1. The molecule has 2 heterocycles. The highest BCUT2D eigenvalue weighted by atomic mass is 19.1. The molecule has 0 aromatic heterocycles. The smallest absolute Gasteiger partial charge is 0.344 e. The monoisotopic (exact) mass is 428 g/mol. The van der Waals surface area contributed by atoms with Gasteiger partial charge in [-0.3, -0.25) is 14.5 Å². The lowest BCUT2D eigenvalue weighted by Gasteiger charge is -2.29. The second-order valence-corrected chi connectivity index (χ2v) is 7.33. The molecule has 1 saturated heterocycles. The Balaban J connectivity index is 1.64. The van der Waals surface area contributed by atoms with E-state index in [4.69, 9.17) is 14.2 Å². The van der Waals surface area contributed by atoms with E-state index in [0.717, 1.165) is 0 Å². The Labute approximate surface area is 177 Å². The van der Waals surface area contributed by atoms with Crippen molar-refractivity contribution in [1.82, 2.24) is 4.90 Å². The summed E-state index contributed by atoms with van der Waals surface area (Å²) in [4.78, 5) is 39.4. The first-order chi connectivity index (χ1) is 14.8. The number of amides is 2. The van der Waals surface area contributed by atoms with Crippen molar-refractivity contribution in [3.8, 4) is 11.5 Å². The highest BCUT2D eigenvalue weighted by molar-refractivity contribution is 6.01. The van der Waals surface area contributed by atoms with Gasteiger partial charge in [0.2, 0.25) is 18.0 Å². The lowest BCUT2D eigenvalue weighted by molar-refractivity contribution is -0.144. The predicted molar refractivity (Wildman–Crippen MR) is 107 cm³/mol. The van der Waals surface area contributed by atoms with Crippen LogP contribution < -0.4 is 14.8 Å². The molecule has 2 aromatic rings. The lowest BCUT2D eigenvalue weighted by Crippen LogP contribution is -2.43. The van der Waals surface area contributed by atoms with Crippen LogP contribution in [0.15, 0.2) is 30.3 Å². The van der Waals surface area contributed by atoms with E-state index in [1.807, 2.05) is 0 Å². The third-order valence-electron chi connectivity index (χ3n) is 5.52. The van der Waals surface area contributed by atoms with Crippen molar-refractivity contribution < 1.29 is 33.0 Å². The summed E-state index contributed by atoms with van der Waals surface area (Å²) >= 11 is 0. The summed E-state index contributed by atoms with van der Waals surface area (Å²) in [5.74, 6) is -1.38. The van der Waals surface area contributed by atoms with E-state index in [9.17, 15) is 18.8 Å². The van der Waals surface area contributed by atoms with Crippen molar-refractivity contribution in [2.24, 2.45) is 0 Å². The van der Waals surface area contributed by atoms with E-state index in [-0.39, 0.29) is 35.7 Å². The number of esters is 1. The number of aryl methyl sites for hydroxylation is 1. The summed E-state index contributed by atoms with van der Waals surface area (Å²) < 4.78 is 29.9. The van der Waals surface area contributed by atoms with Crippen LogP contribution in [0.4, 0.5) is 10.1 Å². The summed E-state index contributed by atoms with van der Waals surface area (Å²) in [6.07, 6.45) is -0.699. The number of hydrogen-bond acceptors (Lipinski definition) is 6. The predicted octanol–water partition coefficient (Wildman–Crippen LogP) is 2.95. The maximum absolute atomic E-state index is 13.8. The van der Waals surface area contributed by atoms with Crippen LogP contribution in [-0.4, -0.2) is 42.9 Å². The quantitative estimate of drug-likeness (QED) is 0.736. The van der Waals surface area contributed by atoms with E-state index in [0.29, 0.717) is 16.9 Å². The Morgan fingerprint density at radius 1 is 1.19 bits per heavy atom. The molecule has 2 aromatic carbocycles. The second-order valence-electron chi connectivity index (χ2n) is 7.33. The molecule has 0 saturated carbocycles. The molecule has 2 aliphatic heterocycles. The molecule has 1 fully saturated rings. The van der Waals surface area contributed by atoms with Gasteiger partial charge in [-0.05, 0) is 43.2 Å². The number of methoxy groups -OCH3 is 2. The normalized spacial score (nSPS) is 19.8. The fraction of sp³-hybridized carbons (Fsp3) is 0.318. The van der Waals surface area contributed by atoms with Gasteiger partial charge in [-0.1, -0.05) is 6.07 Å². The van der Waals surface area contributed by atoms with Gasteiger partial charge in [-0.25, -0.2) is 9.18 Å². The molecule has 0 radical (unpaired) electrons. The van der Waals surface area contributed by atoms with Crippen molar-refractivity contribution in [3.63, 3.8) is 0 Å². The molecule has 0 spiro atoms. The van der Waals surface area contributed by atoms with Crippen LogP contribution in [-0.2, 0) is 14.3 Å². The Bertz CT molecular complexity index is 1090. The van der Waals surface area contributed by atoms with E-state index in [2.05, 4.69) is 5.32 Å². The van der Waals surface area contributed by atoms with Crippen LogP contribution in [0, 0.1) is 12.7 Å². The first-order valence-electron chi connectivity index (χ1n) is 9.69. The molecule has 0 bridgehead atoms. The number of hydrogen-bond donors (Lipinski definition) is 1. The third kappa shape index (κ3) is 3.45. The number of halogens is 1. The van der Waals surface area contributed by atoms with Gasteiger partial charge in [-0.2, -0.15) is 0 Å². The molecule has 2 atom stereocenters. The van der Waals surface area contributed by atoms with Gasteiger partial charge in [0.15, 0.2) is 11.5 Å². The van der Waals surface area contributed by atoms with Crippen molar-refractivity contribution >= 4 is 23.5 Å². The van der Waals surface area contributed by atoms with Gasteiger partial charge in [0.05, 0.1) is 14.2 Å². The fourth-order valence-corrected chi connectivity index (χ4v) is 3.94. The number of fused-ring (bicyclic) bond motifs is 1. The van der Waals surface area contributed by atoms with Gasteiger partial charge in [-0.15, -0.1) is 0 Å². The molecule has 0 unspecified atom stereocenters. The van der Waals surface area contributed by atoms with Crippen molar-refractivity contribution in [2.45, 2.75) is 32.0 Å². The molecule has 2 aliphatic rings. The zero-order chi connectivity index (χ0) is 22.3. The largest absolute Gasteiger partial charge is 0.493 e. The molecule has 4 rings (SSSR count). The molecule has 31 heavy (non-hydrogen) atoms. The molecule has 0 aliphatic carbocycles. The first-order valence-corrected chi connectivity index (χ1v) is 9.69. The van der Waals surface area contributed by atoms with Crippen molar-refractivity contribution in [3.05, 3.63) is 52.8 Å². The summed E-state index contributed by atoms with van der Waals surface area (Å²) in [6.45, 7) is 1.62. The topological polar surface area (TPSA) is 94.2 Å². The van der Waals surface area contributed by atoms with Gasteiger partial charge in [0.25, 0.3) is 0 Å². The molecule has 162 valence electrons. The number of ether oxygens (including phenoxy) is 3. The van der Waals surface area contributed by atoms with Crippen LogP contribution in [0.3, 0.4) is 0 Å². The third-order valence-corrected chi connectivity index (χ3v) is 5.52. The van der Waals surface area contributed by atoms with E-state index in [1.54, 1.807) is 31.2 Å². The van der Waals surface area contributed by atoms with Crippen LogP contribution in [0.1, 0.15) is 40.6 Å². The number of likely N-dealkylation sites (tertiary alicyclic amines) is 1. The number of nitrogens with zero attached hydrogens (tertiary/aromatic N) is 1. The molecule has 1 N–H and O–H groups in total. The lowest BCUT2D eigenvalue weighted by atomic mass is 10.0. The Hall–Kier alpha value is -3.62. The van der Waals surface area contributed by atoms with Gasteiger partial charge >= 0.3 is 5.97 Å². The Kier molecular flexibility index (Phi) is 5.26. The minimum absolute atomic E-state index is 0.122. The molecular weight excluding hydrogens is 407 g/mol. The van der Waals surface area contributed by atoms with Crippen LogP contribution in [0.25, 0.3) is 0 Å². The van der Waals surface area contributed by atoms with E-state index < -0.39 is 30.0 Å². The summed E-state index contributed by atoms with van der Waals surface area (Å²) in [6, 6.07) is 6.70. The highest BCUT2D eigenvalue weighted by Crippen LogP contribution is 2.45. The zero-order valence-corrected chi connectivity index (χ0v) is 17.2. The van der Waals surface area contributed by atoms with Crippen LogP contribution in [0.2, 0.25) is 0 Å². The minimum atomic E-state index is -1.07. The average Bonchev–Trinajstić information content (AvgIpc) is 3.29. The molecule has 2 amide bonds. The molecule has 9 heteroatoms. The summed E-state index contributed by atoms with van der Waals surface area (Å²) in [5, 5.41) is 2.64. The zero-order valence-electron chi connectivity index (χ0n) is 17.2.